The second-order valence-corrected chi connectivity index (χ2v) is 16.1. The molecule has 5 aliphatic rings. The van der Waals surface area contributed by atoms with Crippen LogP contribution in [0, 0.1) is 29.6 Å². The summed E-state index contributed by atoms with van der Waals surface area (Å²) in [6.45, 7) is 0. The van der Waals surface area contributed by atoms with Gasteiger partial charge in [-0.3, -0.25) is 28.9 Å². The average molecular weight is 787 g/mol. The van der Waals surface area contributed by atoms with Crippen LogP contribution in [0.5, 0.6) is 11.5 Å². The average Bonchev–Trinajstić information content (AvgIpc) is 3.64. The largest absolute Gasteiger partial charge is 0.508 e. The lowest BCUT2D eigenvalue weighted by Crippen LogP contribution is -2.55. The molecule has 4 amide bonds. The van der Waals surface area contributed by atoms with Crippen molar-refractivity contribution in [2.24, 2.45) is 29.6 Å². The first-order chi connectivity index (χ1) is 28.2. The summed E-state index contributed by atoms with van der Waals surface area (Å²) in [4.78, 5) is 75.4. The third kappa shape index (κ3) is 5.26. The van der Waals surface area contributed by atoms with Gasteiger partial charge in [-0.2, -0.15) is 0 Å². The fourth-order valence-electron chi connectivity index (χ4n) is 10.3. The van der Waals surface area contributed by atoms with Crippen LogP contribution in [-0.4, -0.2) is 34.5 Å². The molecule has 5 aromatic carbocycles. The van der Waals surface area contributed by atoms with Crippen molar-refractivity contribution >= 4 is 52.4 Å². The van der Waals surface area contributed by atoms with E-state index in [-0.39, 0.29) is 36.2 Å². The van der Waals surface area contributed by atoms with Crippen LogP contribution in [0.3, 0.4) is 0 Å². The SMILES string of the molecule is O=C(c1ccccc1)c1ccc(N2C(=O)C3CC=C4C(CC5C(=O)N(c6cccc(Cl)c6)C(=O)C5(c5ccccc5)C4C4=COc5ccc(O)cc5C4)C3C2=O)cc1. The van der Waals surface area contributed by atoms with Crippen molar-refractivity contribution in [3.63, 3.8) is 0 Å². The van der Waals surface area contributed by atoms with E-state index in [0.717, 1.165) is 5.57 Å². The van der Waals surface area contributed by atoms with E-state index in [1.165, 1.54) is 9.80 Å². The number of rotatable bonds is 6. The molecule has 0 radical (unpaired) electrons. The zero-order valence-electron chi connectivity index (χ0n) is 31.0. The van der Waals surface area contributed by atoms with E-state index in [1.54, 1.807) is 97.3 Å². The smallest absolute Gasteiger partial charge is 0.246 e. The van der Waals surface area contributed by atoms with E-state index in [9.17, 15) is 19.5 Å². The number of hydrogen-bond donors (Lipinski definition) is 1. The summed E-state index contributed by atoms with van der Waals surface area (Å²) in [5.74, 6) is -4.86. The third-order valence-corrected chi connectivity index (χ3v) is 13.0. The highest BCUT2D eigenvalue weighted by Gasteiger charge is 2.70. The van der Waals surface area contributed by atoms with Gasteiger partial charge in [-0.15, -0.1) is 0 Å². The number of phenolic OH excluding ortho intramolecular Hbond substituents is 1. The number of aromatic hydroxyl groups is 1. The number of carbonyl (C=O) groups is 5. The number of ketones is 1. The summed E-state index contributed by atoms with van der Waals surface area (Å²) < 4.78 is 6.22. The van der Waals surface area contributed by atoms with Crippen LogP contribution in [-0.2, 0) is 31.0 Å². The van der Waals surface area contributed by atoms with Gasteiger partial charge in [0, 0.05) is 34.1 Å². The predicted octanol–water partition coefficient (Wildman–Crippen LogP) is 8.00. The van der Waals surface area contributed by atoms with Gasteiger partial charge in [-0.05, 0) is 90.6 Å². The minimum atomic E-state index is -1.45. The van der Waals surface area contributed by atoms with Crippen LogP contribution < -0.4 is 14.5 Å². The van der Waals surface area contributed by atoms with Crippen LogP contribution in [0.1, 0.15) is 39.9 Å². The number of nitrogens with zero attached hydrogens (tertiary/aromatic N) is 2. The molecule has 0 bridgehead atoms. The fraction of sp³-hybridized carbons (Fsp3) is 0.188. The number of benzene rings is 5. The first-order valence-electron chi connectivity index (χ1n) is 19.3. The molecule has 0 aromatic heterocycles. The van der Waals surface area contributed by atoms with Crippen molar-refractivity contribution in [3.05, 3.63) is 178 Å². The Balaban J connectivity index is 1.10. The molecule has 58 heavy (non-hydrogen) atoms. The lowest BCUT2D eigenvalue weighted by atomic mass is 9.48. The van der Waals surface area contributed by atoms with Gasteiger partial charge < -0.3 is 9.84 Å². The van der Waals surface area contributed by atoms with Crippen LogP contribution in [0.4, 0.5) is 11.4 Å². The number of phenols is 1. The summed E-state index contributed by atoms with van der Waals surface area (Å²) in [5.41, 5.74) is 3.09. The first-order valence-corrected chi connectivity index (χ1v) is 19.7. The minimum Gasteiger partial charge on any atom is -0.508 e. The number of imide groups is 2. The molecule has 3 fully saturated rings. The third-order valence-electron chi connectivity index (χ3n) is 12.7. The number of carbonyl (C=O) groups excluding carboxylic acids is 5. The van der Waals surface area contributed by atoms with Gasteiger partial charge in [-0.25, -0.2) is 4.90 Å². The Bertz CT molecular complexity index is 2640. The molecule has 3 aliphatic heterocycles. The van der Waals surface area contributed by atoms with Crippen molar-refractivity contribution in [2.75, 3.05) is 9.80 Å². The van der Waals surface area contributed by atoms with Crippen LogP contribution in [0.25, 0.3) is 0 Å². The molecule has 5 aromatic rings. The lowest BCUT2D eigenvalue weighted by Gasteiger charge is -2.51. The molecule has 6 atom stereocenters. The monoisotopic (exact) mass is 786 g/mol. The Morgan fingerprint density at radius 2 is 1.45 bits per heavy atom. The van der Waals surface area contributed by atoms with Crippen LogP contribution >= 0.6 is 11.6 Å². The molecule has 10 heteroatoms. The maximum atomic E-state index is 15.5. The minimum absolute atomic E-state index is 0.0624. The normalized spacial score (nSPS) is 25.9. The number of allylic oxidation sites excluding steroid dienone is 3. The van der Waals surface area contributed by atoms with Gasteiger partial charge in [0.2, 0.25) is 23.6 Å². The summed E-state index contributed by atoms with van der Waals surface area (Å²) in [5, 5.41) is 10.9. The molecule has 3 heterocycles. The molecule has 286 valence electrons. The van der Waals surface area contributed by atoms with Crippen molar-refractivity contribution in [2.45, 2.75) is 24.7 Å². The van der Waals surface area contributed by atoms with Gasteiger partial charge >= 0.3 is 0 Å². The topological polar surface area (TPSA) is 121 Å². The van der Waals surface area contributed by atoms with Crippen molar-refractivity contribution in [3.8, 4) is 11.5 Å². The van der Waals surface area contributed by atoms with Crippen molar-refractivity contribution < 1.29 is 33.8 Å². The van der Waals surface area contributed by atoms with E-state index in [0.29, 0.717) is 56.4 Å². The lowest BCUT2D eigenvalue weighted by molar-refractivity contribution is -0.128. The Hall–Kier alpha value is -6.58. The summed E-state index contributed by atoms with van der Waals surface area (Å²) in [6, 6.07) is 36.2. The maximum absolute atomic E-state index is 15.5. The molecule has 0 spiro atoms. The Morgan fingerprint density at radius 1 is 0.724 bits per heavy atom. The van der Waals surface area contributed by atoms with E-state index in [2.05, 4.69) is 0 Å². The van der Waals surface area contributed by atoms with Gasteiger partial charge in [-0.1, -0.05) is 90.0 Å². The second kappa shape index (κ2) is 13.5. The molecule has 2 aliphatic carbocycles. The summed E-state index contributed by atoms with van der Waals surface area (Å²) in [7, 11) is 0. The first kappa shape index (κ1) is 35.8. The van der Waals surface area contributed by atoms with E-state index >= 15 is 9.59 Å². The van der Waals surface area contributed by atoms with Gasteiger partial charge in [0.15, 0.2) is 5.78 Å². The number of amides is 4. The Morgan fingerprint density at radius 3 is 2.19 bits per heavy atom. The van der Waals surface area contributed by atoms with E-state index in [4.69, 9.17) is 16.3 Å². The highest BCUT2D eigenvalue weighted by molar-refractivity contribution is 6.32. The zero-order chi connectivity index (χ0) is 39.9. The molecule has 6 unspecified atom stereocenters. The number of hydrogen-bond acceptors (Lipinski definition) is 7. The second-order valence-electron chi connectivity index (χ2n) is 15.6. The fourth-order valence-corrected chi connectivity index (χ4v) is 10.5. The van der Waals surface area contributed by atoms with Gasteiger partial charge in [0.05, 0.1) is 40.8 Å². The Kier molecular flexibility index (Phi) is 8.35. The molecular weight excluding hydrogens is 752 g/mol. The van der Waals surface area contributed by atoms with Crippen molar-refractivity contribution in [1.29, 1.82) is 0 Å². The van der Waals surface area contributed by atoms with Crippen LogP contribution in [0.15, 0.2) is 151 Å². The highest BCUT2D eigenvalue weighted by atomic mass is 35.5. The zero-order valence-corrected chi connectivity index (χ0v) is 31.7. The molecule has 9 nitrogen and oxygen atoms in total. The molecule has 10 rings (SSSR count). The molecule has 1 N–H and O–H groups in total. The number of anilines is 2. The highest BCUT2D eigenvalue weighted by Crippen LogP contribution is 2.64. The number of fused-ring (bicyclic) bond motifs is 5. The number of halogens is 1. The molecule has 2 saturated heterocycles. The quantitative estimate of drug-likeness (QED) is 0.105. The predicted molar refractivity (Wildman–Crippen MR) is 216 cm³/mol. The Labute approximate surface area is 338 Å². The van der Waals surface area contributed by atoms with Crippen molar-refractivity contribution in [1.82, 2.24) is 0 Å². The maximum Gasteiger partial charge on any atom is 0.246 e. The van der Waals surface area contributed by atoms with E-state index < -0.39 is 46.8 Å². The standard InChI is InChI=1S/C48H35ClN2O7/c49-32-12-7-13-34(24-32)51-45(55)39-25-38-36(42(48(39,47(51)57)31-10-5-2-6-11-31)30-22-29-23-35(52)18-21-40(29)58-26-30)19-20-37-41(38)46(56)50(44(37)54)33-16-14-28(15-17-33)43(53)27-8-3-1-4-9-27/h1-19,21,23-24,26,37-39,41-42,52H,20,22,25H2. The summed E-state index contributed by atoms with van der Waals surface area (Å²) >= 11 is 6.45. The van der Waals surface area contributed by atoms with Crippen LogP contribution in [0.2, 0.25) is 5.02 Å². The van der Waals surface area contributed by atoms with E-state index in [1.807, 2.05) is 42.5 Å². The molecular formula is C48H35ClN2O7. The molecule has 1 saturated carbocycles. The summed E-state index contributed by atoms with van der Waals surface area (Å²) in [6.07, 6.45) is 4.35. The number of ether oxygens (including phenoxy) is 1. The van der Waals surface area contributed by atoms with Gasteiger partial charge in [0.25, 0.3) is 0 Å². The van der Waals surface area contributed by atoms with Gasteiger partial charge in [0.1, 0.15) is 11.5 Å².